The van der Waals surface area contributed by atoms with Crippen LogP contribution in [0.3, 0.4) is 0 Å². The Morgan fingerprint density at radius 1 is 1.30 bits per heavy atom. The van der Waals surface area contributed by atoms with E-state index < -0.39 is 56.2 Å². The maximum Gasteiger partial charge on any atom is 0.417 e. The van der Waals surface area contributed by atoms with Crippen LogP contribution in [0.25, 0.3) is 0 Å². The molecular formula is C12H10F5NO4S. The lowest BCUT2D eigenvalue weighted by Gasteiger charge is -2.32. The molecular weight excluding hydrogens is 349 g/mol. The van der Waals surface area contributed by atoms with Gasteiger partial charge in [0.05, 0.1) is 29.7 Å². The largest absolute Gasteiger partial charge is 0.465 e. The third kappa shape index (κ3) is 2.78. The van der Waals surface area contributed by atoms with E-state index in [2.05, 4.69) is 4.74 Å². The number of methoxy groups -OCH3 is 1. The van der Waals surface area contributed by atoms with Crippen molar-refractivity contribution in [3.63, 3.8) is 0 Å². The van der Waals surface area contributed by atoms with Gasteiger partial charge >= 0.3 is 12.1 Å². The molecule has 0 unspecified atom stereocenters. The van der Waals surface area contributed by atoms with Crippen LogP contribution in [0.4, 0.5) is 22.0 Å². The molecule has 1 aliphatic rings. The van der Waals surface area contributed by atoms with Crippen LogP contribution < -0.4 is 0 Å². The van der Waals surface area contributed by atoms with E-state index in [-0.39, 0.29) is 16.4 Å². The highest BCUT2D eigenvalue weighted by Crippen LogP contribution is 2.44. The molecule has 2 rings (SSSR count). The van der Waals surface area contributed by atoms with Crippen molar-refractivity contribution in [1.82, 2.24) is 4.31 Å². The van der Waals surface area contributed by atoms with E-state index in [1.54, 1.807) is 0 Å². The first-order chi connectivity index (χ1) is 10.3. The quantitative estimate of drug-likeness (QED) is 0.570. The molecule has 23 heavy (non-hydrogen) atoms. The van der Waals surface area contributed by atoms with Crippen molar-refractivity contribution in [1.29, 1.82) is 0 Å². The highest BCUT2D eigenvalue weighted by atomic mass is 32.2. The number of hydrogen-bond donors (Lipinski definition) is 0. The smallest absolute Gasteiger partial charge is 0.417 e. The van der Waals surface area contributed by atoms with Crippen molar-refractivity contribution in [2.45, 2.75) is 17.0 Å². The fourth-order valence-corrected chi connectivity index (χ4v) is 3.63. The summed E-state index contributed by atoms with van der Waals surface area (Å²) in [5.41, 5.74) is -3.99. The van der Waals surface area contributed by atoms with Crippen LogP contribution in [-0.2, 0) is 26.9 Å². The monoisotopic (exact) mass is 359 g/mol. The molecule has 128 valence electrons. The zero-order chi connectivity index (χ0) is 17.8. The number of ether oxygens (including phenoxy) is 1. The third-order valence-electron chi connectivity index (χ3n) is 3.33. The summed E-state index contributed by atoms with van der Waals surface area (Å²) in [5.74, 6) is -5.24. The number of nitrogens with zero attached hydrogens (tertiary/aromatic N) is 1. The molecule has 1 aromatic rings. The SMILES string of the molecule is COC(=O)c1cc2c(cc1C(F)(F)F)S(=O)(=O)N(C)CC2(F)F. The van der Waals surface area contributed by atoms with Gasteiger partial charge in [-0.25, -0.2) is 13.2 Å². The van der Waals surface area contributed by atoms with Crippen LogP contribution in [-0.4, -0.2) is 39.4 Å². The highest BCUT2D eigenvalue weighted by Gasteiger charge is 2.49. The second-order valence-corrected chi connectivity index (χ2v) is 6.86. The zero-order valence-corrected chi connectivity index (χ0v) is 12.6. The Labute approximate surface area is 127 Å². The third-order valence-corrected chi connectivity index (χ3v) is 5.18. The van der Waals surface area contributed by atoms with Gasteiger partial charge < -0.3 is 4.74 Å². The van der Waals surface area contributed by atoms with E-state index in [0.717, 1.165) is 14.2 Å². The summed E-state index contributed by atoms with van der Waals surface area (Å²) in [6, 6.07) is 0.273. The number of likely N-dealkylation sites (N-methyl/N-ethyl adjacent to an activating group) is 1. The molecule has 0 aliphatic carbocycles. The fourth-order valence-electron chi connectivity index (χ4n) is 2.21. The summed E-state index contributed by atoms with van der Waals surface area (Å²) in [7, 11) is -2.91. The van der Waals surface area contributed by atoms with E-state index in [1.165, 1.54) is 0 Å². The van der Waals surface area contributed by atoms with Gasteiger partial charge in [0, 0.05) is 12.6 Å². The van der Waals surface area contributed by atoms with Gasteiger partial charge in [-0.2, -0.15) is 26.3 Å². The van der Waals surface area contributed by atoms with E-state index >= 15 is 0 Å². The minimum Gasteiger partial charge on any atom is -0.465 e. The average Bonchev–Trinajstić information content (AvgIpc) is 2.42. The zero-order valence-electron chi connectivity index (χ0n) is 11.7. The number of alkyl halides is 5. The van der Waals surface area contributed by atoms with Crippen molar-refractivity contribution in [2.75, 3.05) is 20.7 Å². The lowest BCUT2D eigenvalue weighted by atomic mass is 9.99. The minimum atomic E-state index is -5.13. The Balaban J connectivity index is 2.90. The Hall–Kier alpha value is -1.75. The predicted molar refractivity (Wildman–Crippen MR) is 66.5 cm³/mol. The predicted octanol–water partition coefficient (Wildman–Crippen LogP) is 2.22. The molecule has 1 aliphatic heterocycles. The summed E-state index contributed by atoms with van der Waals surface area (Å²) in [6.45, 7) is -1.24. The first-order valence-electron chi connectivity index (χ1n) is 6.00. The van der Waals surface area contributed by atoms with Gasteiger partial charge in [-0.05, 0) is 12.1 Å². The van der Waals surface area contributed by atoms with Crippen LogP contribution >= 0.6 is 0 Å². The molecule has 0 N–H and O–H groups in total. The topological polar surface area (TPSA) is 63.7 Å². The second-order valence-electron chi connectivity index (χ2n) is 4.85. The van der Waals surface area contributed by atoms with Crippen molar-refractivity contribution in [2.24, 2.45) is 0 Å². The highest BCUT2D eigenvalue weighted by molar-refractivity contribution is 7.89. The van der Waals surface area contributed by atoms with Crippen LogP contribution in [0.15, 0.2) is 17.0 Å². The van der Waals surface area contributed by atoms with Gasteiger partial charge in [-0.3, -0.25) is 0 Å². The molecule has 0 fully saturated rings. The van der Waals surface area contributed by atoms with E-state index in [1.807, 2.05) is 0 Å². The number of sulfonamides is 1. The van der Waals surface area contributed by atoms with E-state index in [0.29, 0.717) is 0 Å². The average molecular weight is 359 g/mol. The number of carbonyl (C=O) groups is 1. The first kappa shape index (κ1) is 17.6. The Bertz CT molecular complexity index is 772. The molecule has 0 atom stereocenters. The lowest BCUT2D eigenvalue weighted by molar-refractivity contribution is -0.138. The lowest BCUT2D eigenvalue weighted by Crippen LogP contribution is -2.43. The van der Waals surface area contributed by atoms with Crippen LogP contribution in [0.2, 0.25) is 0 Å². The number of fused-ring (bicyclic) bond motifs is 1. The van der Waals surface area contributed by atoms with Crippen molar-refractivity contribution in [3.8, 4) is 0 Å². The number of carbonyl (C=O) groups excluding carboxylic acids is 1. The maximum absolute atomic E-state index is 14.0. The number of hydrogen-bond acceptors (Lipinski definition) is 4. The molecule has 1 heterocycles. The molecule has 1 aromatic carbocycles. The normalized spacial score (nSPS) is 20.0. The number of esters is 1. The van der Waals surface area contributed by atoms with Gasteiger partial charge in [-0.15, -0.1) is 0 Å². The fraction of sp³-hybridized carbons (Fsp3) is 0.417. The molecule has 0 radical (unpaired) electrons. The van der Waals surface area contributed by atoms with Crippen LogP contribution in [0.1, 0.15) is 21.5 Å². The molecule has 0 saturated heterocycles. The molecule has 5 nitrogen and oxygen atoms in total. The van der Waals surface area contributed by atoms with Gasteiger partial charge in [0.1, 0.15) is 0 Å². The van der Waals surface area contributed by atoms with Crippen molar-refractivity contribution >= 4 is 16.0 Å². The molecule has 0 saturated carbocycles. The second kappa shape index (κ2) is 5.13. The molecule has 0 spiro atoms. The maximum atomic E-state index is 14.0. The standard InChI is InChI=1S/C12H10F5NO4S/c1-18-5-11(13,14)8-3-6(10(19)22-2)7(12(15,16)17)4-9(8)23(18,20)21/h3-4H,5H2,1-2H3. The van der Waals surface area contributed by atoms with Gasteiger partial charge in [0.2, 0.25) is 10.0 Å². The van der Waals surface area contributed by atoms with E-state index in [4.69, 9.17) is 0 Å². The molecule has 0 amide bonds. The summed E-state index contributed by atoms with van der Waals surface area (Å²) < 4.78 is 95.7. The van der Waals surface area contributed by atoms with Crippen LogP contribution in [0, 0.1) is 0 Å². The Morgan fingerprint density at radius 2 is 1.87 bits per heavy atom. The minimum absolute atomic E-state index is 0.0422. The van der Waals surface area contributed by atoms with Crippen LogP contribution in [0.5, 0.6) is 0 Å². The molecule has 11 heteroatoms. The van der Waals surface area contributed by atoms with Gasteiger partial charge in [0.25, 0.3) is 5.92 Å². The summed E-state index contributed by atoms with van der Waals surface area (Å²) in [4.78, 5) is 10.3. The first-order valence-corrected chi connectivity index (χ1v) is 7.44. The van der Waals surface area contributed by atoms with E-state index in [9.17, 15) is 35.2 Å². The number of rotatable bonds is 1. The number of benzene rings is 1. The van der Waals surface area contributed by atoms with Gasteiger partial charge in [0.15, 0.2) is 0 Å². The molecule has 0 aromatic heterocycles. The molecule has 0 bridgehead atoms. The van der Waals surface area contributed by atoms with Crippen molar-refractivity contribution < 1.29 is 39.9 Å². The summed E-state index contributed by atoms with van der Waals surface area (Å²) >= 11 is 0. The number of halogens is 5. The summed E-state index contributed by atoms with van der Waals surface area (Å²) in [5, 5.41) is 0. The van der Waals surface area contributed by atoms with Gasteiger partial charge in [-0.1, -0.05) is 0 Å². The van der Waals surface area contributed by atoms with Crippen molar-refractivity contribution in [3.05, 3.63) is 28.8 Å². The Morgan fingerprint density at radius 3 is 2.35 bits per heavy atom. The summed E-state index contributed by atoms with van der Waals surface area (Å²) in [6.07, 6.45) is -5.13. The Kier molecular flexibility index (Phi) is 3.93.